The summed E-state index contributed by atoms with van der Waals surface area (Å²) in [7, 11) is 1.51. The molecule has 1 aliphatic heterocycles. The van der Waals surface area contributed by atoms with Crippen LogP contribution < -0.4 is 0 Å². The van der Waals surface area contributed by atoms with Crippen LogP contribution in [0.1, 0.15) is 39.5 Å². The molecule has 2 amide bonds. The Morgan fingerprint density at radius 2 is 1.86 bits per heavy atom. The van der Waals surface area contributed by atoms with Crippen molar-refractivity contribution in [3.63, 3.8) is 0 Å². The Balaban J connectivity index is 2.47. The molecule has 0 aromatic rings. The lowest BCUT2D eigenvalue weighted by molar-refractivity contribution is -0.148. The molecule has 2 unspecified atom stereocenters. The van der Waals surface area contributed by atoms with Crippen LogP contribution in [-0.2, 0) is 19.1 Å². The van der Waals surface area contributed by atoms with Crippen molar-refractivity contribution in [1.82, 2.24) is 9.80 Å². The van der Waals surface area contributed by atoms with Gasteiger partial charge in [0.2, 0.25) is 11.8 Å². The number of hydrogen-bond donors (Lipinski definition) is 1. The Morgan fingerprint density at radius 1 is 1.23 bits per heavy atom. The van der Waals surface area contributed by atoms with Gasteiger partial charge in [-0.3, -0.25) is 9.59 Å². The fourth-order valence-electron chi connectivity index (χ4n) is 2.75. The number of hydrogen-bond acceptors (Lipinski definition) is 4. The van der Waals surface area contributed by atoms with Crippen LogP contribution in [0, 0.1) is 0 Å². The minimum absolute atomic E-state index is 0.0313. The maximum absolute atomic E-state index is 12.2. The van der Waals surface area contributed by atoms with E-state index in [1.54, 1.807) is 4.90 Å². The van der Waals surface area contributed by atoms with E-state index in [0.717, 1.165) is 0 Å². The Morgan fingerprint density at radius 3 is 2.36 bits per heavy atom. The van der Waals surface area contributed by atoms with E-state index in [1.807, 2.05) is 13.8 Å². The maximum atomic E-state index is 12.2. The molecule has 0 radical (unpaired) electrons. The van der Waals surface area contributed by atoms with Gasteiger partial charge in [0.05, 0.1) is 6.10 Å². The fraction of sp³-hybridized carbons (Fsp3) is 0.800. The fourth-order valence-corrected chi connectivity index (χ4v) is 2.75. The first-order valence-corrected chi connectivity index (χ1v) is 7.77. The Kier molecular flexibility index (Phi) is 7.31. The van der Waals surface area contributed by atoms with Crippen molar-refractivity contribution in [2.24, 2.45) is 0 Å². The standard InChI is InChI=1S/C15H26N2O5/c1-4-16(5-2)13(18)7-6-8-14(19)17-10-11(22-3)9-12(17)15(20)21/h11-12H,4-10H2,1-3H3,(H,20,21). The molecule has 1 aliphatic rings. The van der Waals surface area contributed by atoms with E-state index in [1.165, 1.54) is 12.0 Å². The van der Waals surface area contributed by atoms with Crippen LogP contribution >= 0.6 is 0 Å². The Bertz CT molecular complexity index is 409. The van der Waals surface area contributed by atoms with E-state index in [9.17, 15) is 19.5 Å². The van der Waals surface area contributed by atoms with Crippen molar-refractivity contribution >= 4 is 17.8 Å². The molecule has 2 atom stereocenters. The van der Waals surface area contributed by atoms with E-state index in [4.69, 9.17) is 4.74 Å². The zero-order valence-electron chi connectivity index (χ0n) is 13.6. The highest BCUT2D eigenvalue weighted by atomic mass is 16.5. The Hall–Kier alpha value is -1.63. The number of carboxylic acids is 1. The molecule has 0 bridgehead atoms. The summed E-state index contributed by atoms with van der Waals surface area (Å²) in [6, 6.07) is -0.823. The van der Waals surface area contributed by atoms with Crippen LogP contribution in [0.15, 0.2) is 0 Å². The van der Waals surface area contributed by atoms with Crippen molar-refractivity contribution < 1.29 is 24.2 Å². The van der Waals surface area contributed by atoms with E-state index in [0.29, 0.717) is 38.9 Å². The number of likely N-dealkylation sites (tertiary alicyclic amines) is 1. The topological polar surface area (TPSA) is 87.2 Å². The van der Waals surface area contributed by atoms with Gasteiger partial charge >= 0.3 is 5.97 Å². The minimum atomic E-state index is -1.01. The second kappa shape index (κ2) is 8.73. The molecule has 126 valence electrons. The smallest absolute Gasteiger partial charge is 0.326 e. The molecule has 7 heteroatoms. The average Bonchev–Trinajstić information content (AvgIpc) is 2.93. The first-order valence-electron chi connectivity index (χ1n) is 7.77. The number of aliphatic carboxylic acids is 1. The summed E-state index contributed by atoms with van der Waals surface area (Å²) in [5, 5.41) is 9.19. The highest BCUT2D eigenvalue weighted by Crippen LogP contribution is 2.21. The number of nitrogens with zero attached hydrogens (tertiary/aromatic N) is 2. The molecule has 1 N–H and O–H groups in total. The van der Waals surface area contributed by atoms with Gasteiger partial charge < -0.3 is 19.6 Å². The minimum Gasteiger partial charge on any atom is -0.480 e. The molecule has 1 fully saturated rings. The van der Waals surface area contributed by atoms with Crippen LogP contribution in [0.4, 0.5) is 0 Å². The van der Waals surface area contributed by atoms with Crippen LogP contribution in [-0.4, -0.2) is 71.6 Å². The summed E-state index contributed by atoms with van der Waals surface area (Å²) in [5.41, 5.74) is 0. The van der Waals surface area contributed by atoms with Crippen molar-refractivity contribution in [3.05, 3.63) is 0 Å². The molecule has 0 spiro atoms. The predicted octanol–water partition coefficient (Wildman–Crippen LogP) is 0.726. The monoisotopic (exact) mass is 314 g/mol. The zero-order chi connectivity index (χ0) is 16.7. The van der Waals surface area contributed by atoms with E-state index in [2.05, 4.69) is 0 Å². The molecule has 1 heterocycles. The largest absolute Gasteiger partial charge is 0.480 e. The Labute approximate surface area is 131 Å². The van der Waals surface area contributed by atoms with Gasteiger partial charge in [0.1, 0.15) is 6.04 Å². The van der Waals surface area contributed by atoms with Gasteiger partial charge in [0.25, 0.3) is 0 Å². The number of methoxy groups -OCH3 is 1. The summed E-state index contributed by atoms with van der Waals surface area (Å²) >= 11 is 0. The van der Waals surface area contributed by atoms with Crippen LogP contribution in [0.2, 0.25) is 0 Å². The third kappa shape index (κ3) is 4.69. The summed E-state index contributed by atoms with van der Waals surface area (Å²) in [4.78, 5) is 38.4. The molecule has 0 saturated carbocycles. The van der Waals surface area contributed by atoms with Gasteiger partial charge in [-0.1, -0.05) is 0 Å². The molecule has 1 saturated heterocycles. The molecule has 1 rings (SSSR count). The van der Waals surface area contributed by atoms with Gasteiger partial charge in [-0.15, -0.1) is 0 Å². The summed E-state index contributed by atoms with van der Waals surface area (Å²) in [5.74, 6) is -1.20. The predicted molar refractivity (Wildman–Crippen MR) is 80.3 cm³/mol. The number of carbonyl (C=O) groups is 3. The van der Waals surface area contributed by atoms with Crippen molar-refractivity contribution in [3.8, 4) is 0 Å². The van der Waals surface area contributed by atoms with E-state index in [-0.39, 0.29) is 24.3 Å². The number of ether oxygens (including phenoxy) is 1. The lowest BCUT2D eigenvalue weighted by Gasteiger charge is -2.22. The summed E-state index contributed by atoms with van der Waals surface area (Å²) in [6.45, 7) is 5.45. The molecule has 0 aliphatic carbocycles. The number of amides is 2. The van der Waals surface area contributed by atoms with Gasteiger partial charge in [0, 0.05) is 46.0 Å². The average molecular weight is 314 g/mol. The molecule has 7 nitrogen and oxygen atoms in total. The lowest BCUT2D eigenvalue weighted by Crippen LogP contribution is -2.40. The first-order chi connectivity index (χ1) is 10.4. The van der Waals surface area contributed by atoms with Crippen molar-refractivity contribution in [1.29, 1.82) is 0 Å². The summed E-state index contributed by atoms with van der Waals surface area (Å²) < 4.78 is 5.16. The zero-order valence-corrected chi connectivity index (χ0v) is 13.6. The lowest BCUT2D eigenvalue weighted by atomic mass is 10.1. The van der Waals surface area contributed by atoms with E-state index >= 15 is 0 Å². The third-order valence-corrected chi connectivity index (χ3v) is 4.10. The van der Waals surface area contributed by atoms with Crippen LogP contribution in [0.25, 0.3) is 0 Å². The second-order valence-electron chi connectivity index (χ2n) is 5.41. The first kappa shape index (κ1) is 18.4. The SMILES string of the molecule is CCN(CC)C(=O)CCCC(=O)N1CC(OC)CC1C(=O)O. The van der Waals surface area contributed by atoms with E-state index < -0.39 is 12.0 Å². The van der Waals surface area contributed by atoms with Gasteiger partial charge in [0.15, 0.2) is 0 Å². The van der Waals surface area contributed by atoms with Crippen molar-refractivity contribution in [2.45, 2.75) is 51.7 Å². The number of carbonyl (C=O) groups excluding carboxylic acids is 2. The molecular weight excluding hydrogens is 288 g/mol. The number of rotatable bonds is 8. The molecule has 0 aromatic heterocycles. The highest BCUT2D eigenvalue weighted by Gasteiger charge is 2.39. The molecule has 0 aromatic carbocycles. The normalized spacial score (nSPS) is 21.0. The number of carboxylic acid groups (broad SMARTS) is 1. The summed E-state index contributed by atoms with van der Waals surface area (Å²) in [6.07, 6.45) is 1.02. The third-order valence-electron chi connectivity index (χ3n) is 4.10. The maximum Gasteiger partial charge on any atom is 0.326 e. The molecular formula is C15H26N2O5. The molecule has 22 heavy (non-hydrogen) atoms. The van der Waals surface area contributed by atoms with Crippen molar-refractivity contribution in [2.75, 3.05) is 26.7 Å². The van der Waals surface area contributed by atoms with Gasteiger partial charge in [-0.25, -0.2) is 4.79 Å². The van der Waals surface area contributed by atoms with Gasteiger partial charge in [-0.05, 0) is 20.3 Å². The van der Waals surface area contributed by atoms with Gasteiger partial charge in [-0.2, -0.15) is 0 Å². The van der Waals surface area contributed by atoms with Crippen LogP contribution in [0.3, 0.4) is 0 Å². The quantitative estimate of drug-likeness (QED) is 0.713. The second-order valence-corrected chi connectivity index (χ2v) is 5.41. The van der Waals surface area contributed by atoms with Crippen LogP contribution in [0.5, 0.6) is 0 Å². The highest BCUT2D eigenvalue weighted by molar-refractivity contribution is 5.85.